The number of nitrogens with zero attached hydrogens (tertiary/aromatic N) is 5. The third-order valence-corrected chi connectivity index (χ3v) is 4.48. The molecule has 0 fully saturated rings. The van der Waals surface area contributed by atoms with Crippen LogP contribution in [0.5, 0.6) is 0 Å². The van der Waals surface area contributed by atoms with Gasteiger partial charge < -0.3 is 15.8 Å². The zero-order valence-electron chi connectivity index (χ0n) is 15.4. The van der Waals surface area contributed by atoms with Gasteiger partial charge in [-0.3, -0.25) is 4.98 Å². The van der Waals surface area contributed by atoms with Gasteiger partial charge in [0.25, 0.3) is 0 Å². The molecule has 0 unspecified atom stereocenters. The molecule has 1 aromatic carbocycles. The Balaban J connectivity index is 1.59. The minimum Gasteiger partial charge on any atom is -0.380 e. The number of tetrazole rings is 1. The summed E-state index contributed by atoms with van der Waals surface area (Å²) < 4.78 is 5.64. The fraction of sp³-hybridized carbons (Fsp3) is 0.316. The Morgan fingerprint density at radius 3 is 2.89 bits per heavy atom. The number of rotatable bonds is 9. The third-order valence-electron chi connectivity index (χ3n) is 4.48. The first-order valence-electron chi connectivity index (χ1n) is 9.30. The van der Waals surface area contributed by atoms with Crippen molar-refractivity contribution < 1.29 is 4.74 Å². The molecule has 0 aliphatic rings. The van der Waals surface area contributed by atoms with Crippen molar-refractivity contribution in [3.63, 3.8) is 0 Å². The topological polar surface area (TPSA) is 128 Å². The first-order chi connectivity index (χ1) is 13.9. The summed E-state index contributed by atoms with van der Waals surface area (Å²) in [4.78, 5) is 9.11. The number of unbranched alkanes of at least 4 members (excludes halogenated alkanes) is 1. The van der Waals surface area contributed by atoms with Crippen molar-refractivity contribution in [1.82, 2.24) is 30.6 Å². The molecule has 9 nitrogen and oxygen atoms in total. The van der Waals surface area contributed by atoms with E-state index in [0.717, 1.165) is 52.5 Å². The van der Waals surface area contributed by atoms with Gasteiger partial charge in [-0.1, -0.05) is 12.1 Å². The maximum absolute atomic E-state index is 5.64. The van der Waals surface area contributed by atoms with Crippen molar-refractivity contribution in [3.05, 3.63) is 36.7 Å². The van der Waals surface area contributed by atoms with Gasteiger partial charge in [0.1, 0.15) is 5.82 Å². The van der Waals surface area contributed by atoms with Crippen molar-refractivity contribution in [2.24, 2.45) is 5.73 Å². The predicted molar refractivity (Wildman–Crippen MR) is 108 cm³/mol. The Hall–Kier alpha value is -3.17. The van der Waals surface area contributed by atoms with E-state index in [0.29, 0.717) is 25.5 Å². The zero-order chi connectivity index (χ0) is 19.2. The number of nitrogens with two attached hydrogens (primary N) is 1. The number of anilines is 1. The van der Waals surface area contributed by atoms with E-state index in [9.17, 15) is 0 Å². The van der Waals surface area contributed by atoms with Crippen LogP contribution in [0.3, 0.4) is 0 Å². The van der Waals surface area contributed by atoms with Crippen LogP contribution in [0.1, 0.15) is 12.8 Å². The predicted octanol–water partition coefficient (Wildman–Crippen LogP) is 2.13. The first-order valence-corrected chi connectivity index (χ1v) is 9.30. The van der Waals surface area contributed by atoms with Crippen LogP contribution >= 0.6 is 0 Å². The Morgan fingerprint density at radius 1 is 1.07 bits per heavy atom. The molecule has 0 aliphatic carbocycles. The van der Waals surface area contributed by atoms with Gasteiger partial charge in [-0.15, -0.1) is 10.2 Å². The number of fused-ring (bicyclic) bond motifs is 3. The summed E-state index contributed by atoms with van der Waals surface area (Å²) in [5.41, 5.74) is 7.19. The molecule has 3 aromatic heterocycles. The van der Waals surface area contributed by atoms with E-state index in [1.807, 2.05) is 30.5 Å². The van der Waals surface area contributed by atoms with E-state index in [1.54, 1.807) is 6.20 Å². The van der Waals surface area contributed by atoms with Crippen LogP contribution in [-0.2, 0) is 4.74 Å². The van der Waals surface area contributed by atoms with E-state index in [4.69, 9.17) is 15.5 Å². The zero-order valence-corrected chi connectivity index (χ0v) is 15.4. The quantitative estimate of drug-likeness (QED) is 0.298. The van der Waals surface area contributed by atoms with Gasteiger partial charge in [-0.25, -0.2) is 4.98 Å². The highest BCUT2D eigenvalue weighted by molar-refractivity contribution is 6.10. The molecule has 0 aliphatic heterocycles. The second-order valence-corrected chi connectivity index (χ2v) is 6.38. The fourth-order valence-corrected chi connectivity index (χ4v) is 3.10. The van der Waals surface area contributed by atoms with Crippen LogP contribution in [-0.4, -0.2) is 56.9 Å². The lowest BCUT2D eigenvalue weighted by atomic mass is 10.1. The van der Waals surface area contributed by atoms with Crippen LogP contribution in [0.4, 0.5) is 5.82 Å². The van der Waals surface area contributed by atoms with Crippen LogP contribution in [0.2, 0.25) is 0 Å². The Bertz CT molecular complexity index is 1050. The van der Waals surface area contributed by atoms with Gasteiger partial charge in [0, 0.05) is 47.3 Å². The molecule has 0 bridgehead atoms. The molecule has 28 heavy (non-hydrogen) atoms. The van der Waals surface area contributed by atoms with Crippen LogP contribution in [0.15, 0.2) is 36.7 Å². The van der Waals surface area contributed by atoms with Gasteiger partial charge in [-0.2, -0.15) is 5.21 Å². The highest BCUT2D eigenvalue weighted by Gasteiger charge is 2.11. The van der Waals surface area contributed by atoms with Gasteiger partial charge in [0.05, 0.1) is 12.1 Å². The van der Waals surface area contributed by atoms with Crippen molar-refractivity contribution in [2.75, 3.05) is 31.6 Å². The number of hydrogen-bond acceptors (Lipinski definition) is 8. The molecule has 0 radical (unpaired) electrons. The summed E-state index contributed by atoms with van der Waals surface area (Å²) in [6.45, 7) is 2.71. The fourth-order valence-electron chi connectivity index (χ4n) is 3.10. The van der Waals surface area contributed by atoms with E-state index in [2.05, 4.69) is 30.9 Å². The standard InChI is InChI=1S/C19H22N8O/c20-6-1-2-9-28-10-8-22-19-15-5-7-21-12-16(15)14-4-3-13(11-17(14)23-19)18-24-26-27-25-18/h3-5,7,11-12H,1-2,6,8-10,20H2,(H,22,23)(H,24,25,26,27). The molecule has 4 rings (SSSR count). The summed E-state index contributed by atoms with van der Waals surface area (Å²) in [6, 6.07) is 7.91. The number of H-pyrrole nitrogens is 1. The smallest absolute Gasteiger partial charge is 0.204 e. The second-order valence-electron chi connectivity index (χ2n) is 6.38. The number of ether oxygens (including phenoxy) is 1. The monoisotopic (exact) mass is 378 g/mol. The van der Waals surface area contributed by atoms with E-state index >= 15 is 0 Å². The number of pyridine rings is 2. The lowest BCUT2D eigenvalue weighted by molar-refractivity contribution is 0.140. The normalized spacial score (nSPS) is 11.3. The molecule has 4 N–H and O–H groups in total. The SMILES string of the molecule is NCCCCOCCNc1nc2cc(-c3nn[nH]n3)ccc2c2cnccc12. The summed E-state index contributed by atoms with van der Waals surface area (Å²) in [6.07, 6.45) is 5.61. The van der Waals surface area contributed by atoms with Crippen LogP contribution < -0.4 is 11.1 Å². The van der Waals surface area contributed by atoms with Crippen LogP contribution in [0.25, 0.3) is 33.1 Å². The molecular formula is C19H22N8O. The second kappa shape index (κ2) is 8.68. The highest BCUT2D eigenvalue weighted by atomic mass is 16.5. The Morgan fingerprint density at radius 2 is 2.04 bits per heavy atom. The molecule has 0 saturated carbocycles. The van der Waals surface area contributed by atoms with Crippen molar-refractivity contribution >= 4 is 27.5 Å². The van der Waals surface area contributed by atoms with Gasteiger partial charge in [0.15, 0.2) is 0 Å². The molecule has 0 spiro atoms. The summed E-state index contributed by atoms with van der Waals surface area (Å²) >= 11 is 0. The third kappa shape index (κ3) is 3.90. The number of hydrogen-bond donors (Lipinski definition) is 3. The highest BCUT2D eigenvalue weighted by Crippen LogP contribution is 2.30. The molecule has 9 heteroatoms. The van der Waals surface area contributed by atoms with Gasteiger partial charge in [-0.05, 0) is 36.7 Å². The first kappa shape index (κ1) is 18.2. The summed E-state index contributed by atoms with van der Waals surface area (Å²) in [5, 5.41) is 20.7. The largest absolute Gasteiger partial charge is 0.380 e. The number of nitrogens with one attached hydrogen (secondary N) is 2. The molecule has 0 atom stereocenters. The summed E-state index contributed by atoms with van der Waals surface area (Å²) in [5.74, 6) is 1.34. The lowest BCUT2D eigenvalue weighted by Crippen LogP contribution is -2.12. The van der Waals surface area contributed by atoms with Crippen molar-refractivity contribution in [3.8, 4) is 11.4 Å². The average Bonchev–Trinajstić information content (AvgIpc) is 3.27. The maximum atomic E-state index is 5.64. The van der Waals surface area contributed by atoms with E-state index in [-0.39, 0.29) is 0 Å². The molecule has 144 valence electrons. The molecular weight excluding hydrogens is 356 g/mol. The number of benzene rings is 1. The van der Waals surface area contributed by atoms with Gasteiger partial charge >= 0.3 is 0 Å². The lowest BCUT2D eigenvalue weighted by Gasteiger charge is -2.12. The summed E-state index contributed by atoms with van der Waals surface area (Å²) in [7, 11) is 0. The van der Waals surface area contributed by atoms with Crippen molar-refractivity contribution in [1.29, 1.82) is 0 Å². The van der Waals surface area contributed by atoms with E-state index < -0.39 is 0 Å². The number of aromatic amines is 1. The molecule has 0 amide bonds. The average molecular weight is 378 g/mol. The minimum absolute atomic E-state index is 0.537. The molecule has 0 saturated heterocycles. The van der Waals surface area contributed by atoms with E-state index in [1.165, 1.54) is 0 Å². The van der Waals surface area contributed by atoms with Crippen LogP contribution in [0, 0.1) is 0 Å². The minimum atomic E-state index is 0.537. The number of aromatic nitrogens is 6. The van der Waals surface area contributed by atoms with Gasteiger partial charge in [0.2, 0.25) is 5.82 Å². The molecule has 4 aromatic rings. The Kier molecular flexibility index (Phi) is 5.64. The molecule has 3 heterocycles. The van der Waals surface area contributed by atoms with Crippen molar-refractivity contribution in [2.45, 2.75) is 12.8 Å². The maximum Gasteiger partial charge on any atom is 0.204 e. The Labute approximate surface area is 161 Å².